The van der Waals surface area contributed by atoms with E-state index in [1.54, 1.807) is 0 Å². The molecule has 6 nitrogen and oxygen atoms in total. The third kappa shape index (κ3) is 2.97. The monoisotopic (exact) mass is 275 g/mol. The first-order valence-corrected chi connectivity index (χ1v) is 5.46. The molecule has 0 aliphatic rings. The van der Waals surface area contributed by atoms with Crippen molar-refractivity contribution in [1.82, 2.24) is 4.98 Å². The molecule has 0 unspecified atom stereocenters. The zero-order chi connectivity index (χ0) is 13.8. The maximum Gasteiger partial charge on any atom is 0.313 e. The first-order chi connectivity index (χ1) is 9.10. The standard InChI is InChI=1S/C12H6ClN3O3/c13-8-1-2-12(11(5-8)16(17)18)19-10-3-4-15-9(6-10)7-14/h1-6H. The lowest BCUT2D eigenvalue weighted by Gasteiger charge is -2.06. The molecule has 0 amide bonds. The third-order valence-corrected chi connectivity index (χ3v) is 2.43. The maximum atomic E-state index is 10.9. The van der Waals surface area contributed by atoms with Crippen LogP contribution in [0.4, 0.5) is 5.69 Å². The van der Waals surface area contributed by atoms with Crippen LogP contribution in [0.2, 0.25) is 5.02 Å². The van der Waals surface area contributed by atoms with Crippen molar-refractivity contribution in [3.63, 3.8) is 0 Å². The van der Waals surface area contributed by atoms with Gasteiger partial charge >= 0.3 is 5.69 Å². The van der Waals surface area contributed by atoms with Crippen molar-refractivity contribution in [2.24, 2.45) is 0 Å². The van der Waals surface area contributed by atoms with Crippen LogP contribution < -0.4 is 4.74 Å². The maximum absolute atomic E-state index is 10.9. The summed E-state index contributed by atoms with van der Waals surface area (Å²) in [5.41, 5.74) is -0.0862. The normalized spacial score (nSPS) is 9.68. The average Bonchev–Trinajstić information content (AvgIpc) is 2.41. The van der Waals surface area contributed by atoms with Crippen molar-refractivity contribution in [3.8, 4) is 17.6 Å². The zero-order valence-corrected chi connectivity index (χ0v) is 10.2. The first kappa shape index (κ1) is 12.8. The minimum absolute atomic E-state index is 0.0458. The van der Waals surface area contributed by atoms with Crippen LogP contribution in [0.15, 0.2) is 36.5 Å². The summed E-state index contributed by atoms with van der Waals surface area (Å²) in [6.45, 7) is 0. The molecule has 0 spiro atoms. The molecule has 1 heterocycles. The Labute approximate surface area is 113 Å². The molecular weight excluding hydrogens is 270 g/mol. The van der Waals surface area contributed by atoms with Crippen molar-refractivity contribution in [2.45, 2.75) is 0 Å². The first-order valence-electron chi connectivity index (χ1n) is 5.08. The molecule has 1 aromatic heterocycles. The zero-order valence-electron chi connectivity index (χ0n) is 9.41. The van der Waals surface area contributed by atoms with Crippen LogP contribution in [-0.2, 0) is 0 Å². The van der Waals surface area contributed by atoms with Gasteiger partial charge in [0.15, 0.2) is 0 Å². The Morgan fingerprint density at radius 3 is 2.84 bits per heavy atom. The Morgan fingerprint density at radius 2 is 2.16 bits per heavy atom. The van der Waals surface area contributed by atoms with Crippen LogP contribution in [0.25, 0.3) is 0 Å². The van der Waals surface area contributed by atoms with E-state index in [9.17, 15) is 10.1 Å². The number of pyridine rings is 1. The molecule has 0 N–H and O–H groups in total. The van der Waals surface area contributed by atoms with Gasteiger partial charge in [-0.1, -0.05) is 11.6 Å². The number of nitro groups is 1. The summed E-state index contributed by atoms with van der Waals surface area (Å²) in [6, 6.07) is 8.82. The van der Waals surface area contributed by atoms with Crippen molar-refractivity contribution in [2.75, 3.05) is 0 Å². The third-order valence-electron chi connectivity index (χ3n) is 2.19. The summed E-state index contributed by atoms with van der Waals surface area (Å²) in [5, 5.41) is 19.8. The van der Waals surface area contributed by atoms with Crippen LogP contribution in [0.5, 0.6) is 11.5 Å². The SMILES string of the molecule is N#Cc1cc(Oc2ccc(Cl)cc2[N+](=O)[O-])ccn1. The van der Waals surface area contributed by atoms with E-state index in [2.05, 4.69) is 4.98 Å². The highest BCUT2D eigenvalue weighted by molar-refractivity contribution is 6.30. The van der Waals surface area contributed by atoms with Crippen LogP contribution in [-0.4, -0.2) is 9.91 Å². The summed E-state index contributed by atoms with van der Waals surface area (Å²) in [4.78, 5) is 14.1. The fraction of sp³-hybridized carbons (Fsp3) is 0. The molecular formula is C12H6ClN3O3. The molecule has 1 aromatic carbocycles. The average molecular weight is 276 g/mol. The summed E-state index contributed by atoms with van der Waals surface area (Å²) < 4.78 is 5.38. The van der Waals surface area contributed by atoms with E-state index in [1.807, 2.05) is 6.07 Å². The molecule has 0 atom stereocenters. The summed E-state index contributed by atoms with van der Waals surface area (Å²) >= 11 is 5.70. The topological polar surface area (TPSA) is 89.0 Å². The number of halogens is 1. The van der Waals surface area contributed by atoms with Gasteiger partial charge in [-0.2, -0.15) is 5.26 Å². The van der Waals surface area contributed by atoms with Gasteiger partial charge in [0.05, 0.1) is 4.92 Å². The van der Waals surface area contributed by atoms with Gasteiger partial charge in [0.25, 0.3) is 0 Å². The Hall–Kier alpha value is -2.65. The van der Waals surface area contributed by atoms with Gasteiger partial charge in [0.2, 0.25) is 5.75 Å². The fourth-order valence-corrected chi connectivity index (χ4v) is 1.55. The molecule has 2 rings (SSSR count). The van der Waals surface area contributed by atoms with Crippen molar-refractivity contribution >= 4 is 17.3 Å². The molecule has 19 heavy (non-hydrogen) atoms. The van der Waals surface area contributed by atoms with E-state index < -0.39 is 4.92 Å². The molecule has 7 heteroatoms. The second kappa shape index (κ2) is 5.33. The van der Waals surface area contributed by atoms with Crippen molar-refractivity contribution in [3.05, 3.63) is 57.4 Å². The lowest BCUT2D eigenvalue weighted by atomic mass is 10.3. The van der Waals surface area contributed by atoms with Crippen molar-refractivity contribution in [1.29, 1.82) is 5.26 Å². The largest absolute Gasteiger partial charge is 0.450 e. The van der Waals surface area contributed by atoms with Crippen LogP contribution >= 0.6 is 11.6 Å². The van der Waals surface area contributed by atoms with Gasteiger partial charge in [-0.05, 0) is 18.2 Å². The minimum atomic E-state index is -0.590. The lowest BCUT2D eigenvalue weighted by molar-refractivity contribution is -0.385. The highest BCUT2D eigenvalue weighted by Gasteiger charge is 2.16. The second-order valence-electron chi connectivity index (χ2n) is 3.46. The number of benzene rings is 1. The molecule has 0 radical (unpaired) electrons. The van der Waals surface area contributed by atoms with Crippen LogP contribution in [0.3, 0.4) is 0 Å². The molecule has 0 aliphatic heterocycles. The summed E-state index contributed by atoms with van der Waals surface area (Å²) in [5.74, 6) is 0.335. The molecule has 0 bridgehead atoms. The minimum Gasteiger partial charge on any atom is -0.450 e. The molecule has 2 aromatic rings. The van der Waals surface area contributed by atoms with E-state index in [1.165, 1.54) is 36.5 Å². The van der Waals surface area contributed by atoms with Gasteiger partial charge in [-0.15, -0.1) is 0 Å². The number of rotatable bonds is 3. The summed E-state index contributed by atoms with van der Waals surface area (Å²) in [6.07, 6.45) is 1.38. The number of nitro benzene ring substituents is 1. The Kier molecular flexibility index (Phi) is 3.59. The smallest absolute Gasteiger partial charge is 0.313 e. The van der Waals surface area contributed by atoms with E-state index in [-0.39, 0.29) is 27.9 Å². The van der Waals surface area contributed by atoms with E-state index in [0.29, 0.717) is 0 Å². The van der Waals surface area contributed by atoms with Crippen molar-refractivity contribution < 1.29 is 9.66 Å². The van der Waals surface area contributed by atoms with Gasteiger partial charge in [0, 0.05) is 23.4 Å². The predicted octanol–water partition coefficient (Wildman–Crippen LogP) is 3.31. The summed E-state index contributed by atoms with van der Waals surface area (Å²) in [7, 11) is 0. The van der Waals surface area contributed by atoms with Crippen LogP contribution in [0, 0.1) is 21.4 Å². The molecule has 0 fully saturated rings. The Balaban J connectivity index is 2.38. The number of hydrogen-bond donors (Lipinski definition) is 0. The van der Waals surface area contributed by atoms with E-state index in [4.69, 9.17) is 21.6 Å². The van der Waals surface area contributed by atoms with Gasteiger partial charge in [-0.25, -0.2) is 4.98 Å². The highest BCUT2D eigenvalue weighted by atomic mass is 35.5. The van der Waals surface area contributed by atoms with E-state index >= 15 is 0 Å². The van der Waals surface area contributed by atoms with Gasteiger partial charge < -0.3 is 4.74 Å². The molecule has 0 aliphatic carbocycles. The van der Waals surface area contributed by atoms with E-state index in [0.717, 1.165) is 0 Å². The number of nitrogens with zero attached hydrogens (tertiary/aromatic N) is 3. The predicted molar refractivity (Wildman–Crippen MR) is 67.1 cm³/mol. The van der Waals surface area contributed by atoms with Crippen LogP contribution in [0.1, 0.15) is 5.69 Å². The lowest BCUT2D eigenvalue weighted by Crippen LogP contribution is -1.94. The second-order valence-corrected chi connectivity index (χ2v) is 3.90. The highest BCUT2D eigenvalue weighted by Crippen LogP contribution is 2.33. The molecule has 0 saturated heterocycles. The Bertz CT molecular complexity index is 682. The number of aromatic nitrogens is 1. The number of hydrogen-bond acceptors (Lipinski definition) is 5. The Morgan fingerprint density at radius 1 is 1.37 bits per heavy atom. The van der Waals surface area contributed by atoms with Gasteiger partial charge in [-0.3, -0.25) is 10.1 Å². The fourth-order valence-electron chi connectivity index (χ4n) is 1.38. The van der Waals surface area contributed by atoms with Gasteiger partial charge in [0.1, 0.15) is 17.5 Å². The molecule has 0 saturated carbocycles. The molecule has 94 valence electrons. The number of nitriles is 1. The number of ether oxygens (including phenoxy) is 1. The quantitative estimate of drug-likeness (QED) is 0.633.